The van der Waals surface area contributed by atoms with Crippen molar-refractivity contribution >= 4 is 28.5 Å². The number of aryl methyl sites for hydroxylation is 1. The summed E-state index contributed by atoms with van der Waals surface area (Å²) >= 11 is 1.38. The van der Waals surface area contributed by atoms with Crippen LogP contribution in [0, 0.1) is 5.41 Å². The van der Waals surface area contributed by atoms with Gasteiger partial charge in [0.2, 0.25) is 0 Å². The quantitative estimate of drug-likeness (QED) is 0.556. The highest BCUT2D eigenvalue weighted by Crippen LogP contribution is 2.14. The van der Waals surface area contributed by atoms with Crippen LogP contribution in [-0.2, 0) is 7.05 Å². The van der Waals surface area contributed by atoms with Crippen molar-refractivity contribution in [3.8, 4) is 0 Å². The second-order valence-electron chi connectivity index (χ2n) is 4.66. The molecule has 0 unspecified atom stereocenters. The Bertz CT molecular complexity index is 908. The molecule has 0 amide bonds. The predicted molar refractivity (Wildman–Crippen MR) is 80.7 cm³/mol. The van der Waals surface area contributed by atoms with Gasteiger partial charge >= 0.3 is 5.69 Å². The Morgan fingerprint density at radius 1 is 1.41 bits per heavy atom. The first kappa shape index (κ1) is 14.3. The Morgan fingerprint density at radius 3 is 2.95 bits per heavy atom. The number of aromatic nitrogens is 5. The van der Waals surface area contributed by atoms with E-state index in [4.69, 9.17) is 5.41 Å². The van der Waals surface area contributed by atoms with Gasteiger partial charge in [0.25, 0.3) is 0 Å². The third kappa shape index (κ3) is 2.46. The molecule has 112 valence electrons. The van der Waals surface area contributed by atoms with E-state index in [1.54, 1.807) is 6.07 Å². The number of rotatable bonds is 5. The van der Waals surface area contributed by atoms with Gasteiger partial charge in [-0.2, -0.15) is 4.68 Å². The lowest BCUT2D eigenvalue weighted by molar-refractivity contribution is 0.0988. The van der Waals surface area contributed by atoms with Gasteiger partial charge in [-0.1, -0.05) is 11.3 Å². The molecule has 0 aliphatic rings. The normalized spacial score (nSPS) is 11.0. The van der Waals surface area contributed by atoms with Crippen molar-refractivity contribution in [1.82, 2.24) is 24.4 Å². The Balaban J connectivity index is 1.80. The molecule has 3 aromatic heterocycles. The van der Waals surface area contributed by atoms with E-state index in [0.717, 1.165) is 4.68 Å². The van der Waals surface area contributed by atoms with E-state index in [1.807, 2.05) is 11.4 Å². The van der Waals surface area contributed by atoms with Crippen molar-refractivity contribution < 1.29 is 4.79 Å². The van der Waals surface area contributed by atoms with Crippen LogP contribution in [0.2, 0.25) is 0 Å². The Hall–Kier alpha value is -2.68. The van der Waals surface area contributed by atoms with E-state index < -0.39 is 0 Å². The summed E-state index contributed by atoms with van der Waals surface area (Å²) in [4.78, 5) is 28.5. The Kier molecular flexibility index (Phi) is 3.63. The smallest absolute Gasteiger partial charge is 0.303 e. The lowest BCUT2D eigenvalue weighted by Crippen LogP contribution is -2.27. The van der Waals surface area contributed by atoms with Gasteiger partial charge in [-0.3, -0.25) is 4.79 Å². The molecule has 1 N–H and O–H groups in total. The third-order valence-corrected chi connectivity index (χ3v) is 4.09. The molecule has 3 aromatic rings. The maximum Gasteiger partial charge on any atom is 0.352 e. The molecule has 3 rings (SSSR count). The Morgan fingerprint density at radius 2 is 2.23 bits per heavy atom. The average Bonchev–Trinajstić information content (AvgIpc) is 3.17. The van der Waals surface area contributed by atoms with Gasteiger partial charge < -0.3 is 5.41 Å². The molecular formula is C13H12N6O2S. The number of carbonyl (C=O) groups excluding carboxylic acids is 1. The monoisotopic (exact) mass is 316 g/mol. The van der Waals surface area contributed by atoms with Crippen LogP contribution in [-0.4, -0.2) is 35.9 Å². The first-order chi connectivity index (χ1) is 10.6. The zero-order chi connectivity index (χ0) is 15.7. The minimum absolute atomic E-state index is 0.00902. The average molecular weight is 316 g/mol. The van der Waals surface area contributed by atoms with E-state index in [1.165, 1.54) is 29.1 Å². The van der Waals surface area contributed by atoms with Crippen molar-refractivity contribution in [1.29, 1.82) is 5.41 Å². The fourth-order valence-electron chi connectivity index (χ4n) is 2.01. The van der Waals surface area contributed by atoms with E-state index in [-0.39, 0.29) is 41.4 Å². The summed E-state index contributed by atoms with van der Waals surface area (Å²) in [5, 5.41) is 17.5. The first-order valence-corrected chi connectivity index (χ1v) is 7.37. The van der Waals surface area contributed by atoms with Crippen LogP contribution in [0.15, 0.2) is 28.6 Å². The molecule has 0 aliphatic heterocycles. The van der Waals surface area contributed by atoms with Gasteiger partial charge in [0.1, 0.15) is 12.0 Å². The van der Waals surface area contributed by atoms with Crippen molar-refractivity contribution in [3.05, 3.63) is 44.9 Å². The summed E-state index contributed by atoms with van der Waals surface area (Å²) in [5.74, 6) is -0.00902. The van der Waals surface area contributed by atoms with Crippen LogP contribution < -0.4 is 5.69 Å². The molecule has 22 heavy (non-hydrogen) atoms. The van der Waals surface area contributed by atoms with Gasteiger partial charge in [-0.05, 0) is 17.9 Å². The number of hydrogen-bond donors (Lipinski definition) is 1. The van der Waals surface area contributed by atoms with Crippen LogP contribution >= 0.6 is 11.3 Å². The van der Waals surface area contributed by atoms with E-state index in [9.17, 15) is 9.59 Å². The zero-order valence-corrected chi connectivity index (χ0v) is 12.5. The van der Waals surface area contributed by atoms with Crippen LogP contribution in [0.3, 0.4) is 0 Å². The second-order valence-corrected chi connectivity index (χ2v) is 5.61. The molecule has 0 bridgehead atoms. The maximum absolute atomic E-state index is 11.9. The number of thiophene rings is 1. The molecule has 3 heterocycles. The summed E-state index contributed by atoms with van der Waals surface area (Å²) in [7, 11) is 1.49. The van der Waals surface area contributed by atoms with E-state index >= 15 is 0 Å². The van der Waals surface area contributed by atoms with Crippen molar-refractivity contribution in [2.75, 3.05) is 0 Å². The zero-order valence-electron chi connectivity index (χ0n) is 11.7. The molecule has 0 atom stereocenters. The summed E-state index contributed by atoms with van der Waals surface area (Å²) in [6.45, 7) is 0. The van der Waals surface area contributed by atoms with E-state index in [2.05, 4.69) is 15.3 Å². The number of nitrogens with zero attached hydrogens (tertiary/aromatic N) is 5. The molecular weight excluding hydrogens is 304 g/mol. The third-order valence-electron chi connectivity index (χ3n) is 3.18. The fraction of sp³-hybridized carbons (Fsp3) is 0.231. The fourth-order valence-corrected chi connectivity index (χ4v) is 2.71. The van der Waals surface area contributed by atoms with Crippen molar-refractivity contribution in [2.24, 2.45) is 7.05 Å². The van der Waals surface area contributed by atoms with Crippen LogP contribution in [0.5, 0.6) is 0 Å². The first-order valence-electron chi connectivity index (χ1n) is 6.49. The van der Waals surface area contributed by atoms with Crippen molar-refractivity contribution in [3.63, 3.8) is 0 Å². The molecule has 0 saturated heterocycles. The van der Waals surface area contributed by atoms with Crippen LogP contribution in [0.4, 0.5) is 0 Å². The molecule has 0 radical (unpaired) electrons. The molecule has 0 aromatic carbocycles. The summed E-state index contributed by atoms with van der Waals surface area (Å²) in [5.41, 5.74) is 0.294. The SMILES string of the molecule is Cn1nnc2c(C(=N)CCC(=O)c3cccs3)ncn2c1=O. The maximum atomic E-state index is 11.9. The predicted octanol–water partition coefficient (Wildman–Crippen LogP) is 0.915. The van der Waals surface area contributed by atoms with Gasteiger partial charge in [0.15, 0.2) is 11.4 Å². The highest BCUT2D eigenvalue weighted by molar-refractivity contribution is 7.12. The highest BCUT2D eigenvalue weighted by atomic mass is 32.1. The molecule has 0 spiro atoms. The highest BCUT2D eigenvalue weighted by Gasteiger charge is 2.16. The minimum Gasteiger partial charge on any atom is -0.303 e. The standard InChI is InChI=1S/C13H12N6O2S/c1-18-13(21)19-7-15-11(12(19)16-17-18)8(14)4-5-9(20)10-3-2-6-22-10/h2-3,6-7,14H,4-5H2,1H3. The van der Waals surface area contributed by atoms with Gasteiger partial charge in [0, 0.05) is 13.5 Å². The lowest BCUT2D eigenvalue weighted by atomic mass is 10.1. The molecule has 0 fully saturated rings. The van der Waals surface area contributed by atoms with Crippen LogP contribution in [0.25, 0.3) is 5.65 Å². The van der Waals surface area contributed by atoms with Gasteiger partial charge in [0.05, 0.1) is 10.6 Å². The number of carbonyl (C=O) groups is 1. The summed E-state index contributed by atoms with van der Waals surface area (Å²) in [6, 6.07) is 3.58. The van der Waals surface area contributed by atoms with Crippen molar-refractivity contribution in [2.45, 2.75) is 12.8 Å². The number of nitrogens with one attached hydrogen (secondary N) is 1. The number of ketones is 1. The molecule has 0 aliphatic carbocycles. The number of hydrogen-bond acceptors (Lipinski definition) is 7. The van der Waals surface area contributed by atoms with Gasteiger partial charge in [-0.15, -0.1) is 16.4 Å². The largest absolute Gasteiger partial charge is 0.352 e. The van der Waals surface area contributed by atoms with Gasteiger partial charge in [-0.25, -0.2) is 14.2 Å². The summed E-state index contributed by atoms with van der Waals surface area (Å²) in [6.07, 6.45) is 1.77. The number of fused-ring (bicyclic) bond motifs is 1. The topological polar surface area (TPSA) is 106 Å². The Labute approximate surface area is 128 Å². The molecule has 0 saturated carbocycles. The summed E-state index contributed by atoms with van der Waals surface area (Å²) < 4.78 is 2.32. The number of Topliss-reactive ketones (excluding diaryl/α,β-unsaturated/α-hetero) is 1. The van der Waals surface area contributed by atoms with Crippen LogP contribution in [0.1, 0.15) is 28.2 Å². The second kappa shape index (κ2) is 5.60. The number of imidazole rings is 1. The minimum atomic E-state index is -0.383. The lowest BCUT2D eigenvalue weighted by Gasteiger charge is -2.01. The molecule has 9 heteroatoms. The molecule has 8 nitrogen and oxygen atoms in total. The van der Waals surface area contributed by atoms with E-state index in [0.29, 0.717) is 4.88 Å².